The van der Waals surface area contributed by atoms with E-state index in [0.29, 0.717) is 16.6 Å². The summed E-state index contributed by atoms with van der Waals surface area (Å²) in [4.78, 5) is 32.4. The molecule has 3 fully saturated rings. The van der Waals surface area contributed by atoms with Crippen LogP contribution in [0.4, 0.5) is 18.9 Å². The molecule has 0 aromatic heterocycles. The molecule has 5 rings (SSSR count). The second-order valence-electron chi connectivity index (χ2n) is 11.2. The number of anilines is 1. The third kappa shape index (κ3) is 4.87. The molecule has 1 saturated carbocycles. The lowest BCUT2D eigenvalue weighted by atomic mass is 9.59. The summed E-state index contributed by atoms with van der Waals surface area (Å²) < 4.78 is 41.7. The molecule has 2 aromatic carbocycles. The Balaban J connectivity index is 1.14. The lowest BCUT2D eigenvalue weighted by Gasteiger charge is -2.62. The molecule has 2 amide bonds. The normalized spacial score (nSPS) is 21.2. The molecule has 1 atom stereocenters. The third-order valence-corrected chi connectivity index (χ3v) is 8.69. The van der Waals surface area contributed by atoms with Gasteiger partial charge in [-0.05, 0) is 31.0 Å². The minimum Gasteiger partial charge on any atom is -0.369 e. The molecule has 1 aliphatic carbocycles. The highest BCUT2D eigenvalue weighted by Crippen LogP contribution is 2.52. The maximum Gasteiger partial charge on any atom is 0.430 e. The summed E-state index contributed by atoms with van der Waals surface area (Å²) in [7, 11) is 3.37. The predicted molar refractivity (Wildman–Crippen MR) is 142 cm³/mol. The average Bonchev–Trinajstić information content (AvgIpc) is 2.86. The number of likely N-dealkylation sites (tertiary alicyclic amines) is 1. The van der Waals surface area contributed by atoms with Crippen molar-refractivity contribution >= 4 is 29.1 Å². The van der Waals surface area contributed by atoms with E-state index >= 15 is 0 Å². The van der Waals surface area contributed by atoms with E-state index in [1.165, 1.54) is 23.1 Å². The van der Waals surface area contributed by atoms with Crippen LogP contribution in [0.5, 0.6) is 0 Å². The van der Waals surface area contributed by atoms with Gasteiger partial charge in [0.05, 0.1) is 10.6 Å². The highest BCUT2D eigenvalue weighted by molar-refractivity contribution is 6.34. The van der Waals surface area contributed by atoms with Crippen LogP contribution in [0.25, 0.3) is 0 Å². The van der Waals surface area contributed by atoms with Crippen LogP contribution >= 0.6 is 11.6 Å². The van der Waals surface area contributed by atoms with Crippen molar-refractivity contribution in [2.75, 3.05) is 58.3 Å². The van der Waals surface area contributed by atoms with Crippen LogP contribution in [0.1, 0.15) is 28.8 Å². The third-order valence-electron chi connectivity index (χ3n) is 8.37. The summed E-state index contributed by atoms with van der Waals surface area (Å²) in [6.07, 6.45) is -3.48. The lowest BCUT2D eigenvalue weighted by molar-refractivity contribution is -0.267. The van der Waals surface area contributed by atoms with Crippen LogP contribution in [0, 0.1) is 5.41 Å². The maximum atomic E-state index is 13.9. The summed E-state index contributed by atoms with van der Waals surface area (Å²) in [5.74, 6) is -1.45. The molecular formula is C28H32ClF3N4O3. The quantitative estimate of drug-likeness (QED) is 0.601. The van der Waals surface area contributed by atoms with E-state index in [1.807, 2.05) is 12.1 Å². The molecule has 39 heavy (non-hydrogen) atoms. The van der Waals surface area contributed by atoms with Gasteiger partial charge in [0.15, 0.2) is 0 Å². The SMILES string of the molecule is CN(C)C(=O)c1ccc(N2CCN(C3CC4(C3)CN(C(=O)[C@](O)(c3ccccc3)C(F)(F)F)C4)CC2)cc1Cl. The number of hydrogen-bond donors (Lipinski definition) is 1. The van der Waals surface area contributed by atoms with Gasteiger partial charge in [0.25, 0.3) is 17.4 Å². The van der Waals surface area contributed by atoms with Gasteiger partial charge >= 0.3 is 6.18 Å². The second-order valence-corrected chi connectivity index (χ2v) is 11.6. The molecule has 2 aliphatic heterocycles. The van der Waals surface area contributed by atoms with E-state index in [2.05, 4.69) is 9.80 Å². The van der Waals surface area contributed by atoms with Gasteiger partial charge in [-0.25, -0.2) is 0 Å². The van der Waals surface area contributed by atoms with Gasteiger partial charge in [-0.1, -0.05) is 41.9 Å². The monoisotopic (exact) mass is 564 g/mol. The number of hydrogen-bond acceptors (Lipinski definition) is 5. The molecule has 210 valence electrons. The Morgan fingerprint density at radius 3 is 2.15 bits per heavy atom. The predicted octanol–water partition coefficient (Wildman–Crippen LogP) is 3.60. The molecular weight excluding hydrogens is 533 g/mol. The van der Waals surface area contributed by atoms with E-state index < -0.39 is 23.2 Å². The van der Waals surface area contributed by atoms with Crippen molar-refractivity contribution in [1.29, 1.82) is 0 Å². The first-order valence-electron chi connectivity index (χ1n) is 13.0. The fourth-order valence-electron chi connectivity index (χ4n) is 6.14. The molecule has 11 heteroatoms. The number of amides is 2. The maximum absolute atomic E-state index is 13.9. The van der Waals surface area contributed by atoms with Gasteiger partial charge < -0.3 is 19.8 Å². The van der Waals surface area contributed by atoms with Crippen LogP contribution < -0.4 is 4.90 Å². The van der Waals surface area contributed by atoms with E-state index in [1.54, 1.807) is 20.2 Å². The van der Waals surface area contributed by atoms with Crippen molar-refractivity contribution in [3.05, 3.63) is 64.7 Å². The van der Waals surface area contributed by atoms with Crippen molar-refractivity contribution in [3.63, 3.8) is 0 Å². The van der Waals surface area contributed by atoms with Crippen molar-refractivity contribution in [2.45, 2.75) is 30.7 Å². The zero-order chi connectivity index (χ0) is 28.2. The first-order valence-corrected chi connectivity index (χ1v) is 13.4. The molecule has 1 spiro atoms. The number of carbonyl (C=O) groups excluding carboxylic acids is 2. The zero-order valence-electron chi connectivity index (χ0n) is 21.9. The molecule has 0 radical (unpaired) electrons. The van der Waals surface area contributed by atoms with Crippen molar-refractivity contribution in [3.8, 4) is 0 Å². The Morgan fingerprint density at radius 1 is 1.00 bits per heavy atom. The number of nitrogens with zero attached hydrogens (tertiary/aromatic N) is 4. The van der Waals surface area contributed by atoms with Crippen molar-refractivity contribution in [2.24, 2.45) is 5.41 Å². The minimum absolute atomic E-state index is 0.144. The summed E-state index contributed by atoms with van der Waals surface area (Å²) in [6, 6.07) is 12.4. The van der Waals surface area contributed by atoms with E-state index in [0.717, 1.165) is 61.7 Å². The van der Waals surface area contributed by atoms with E-state index in [9.17, 15) is 27.9 Å². The number of rotatable bonds is 5. The van der Waals surface area contributed by atoms with E-state index in [4.69, 9.17) is 11.6 Å². The molecule has 2 saturated heterocycles. The van der Waals surface area contributed by atoms with Crippen LogP contribution in [0.2, 0.25) is 5.02 Å². The number of aliphatic hydroxyl groups is 1. The van der Waals surface area contributed by atoms with Crippen LogP contribution in [-0.4, -0.2) is 97.2 Å². The summed E-state index contributed by atoms with van der Waals surface area (Å²) in [6.45, 7) is 3.71. The Labute approximate surface area is 230 Å². The minimum atomic E-state index is -5.12. The fraction of sp³-hybridized carbons (Fsp3) is 0.500. The molecule has 2 aromatic rings. The van der Waals surface area contributed by atoms with E-state index in [-0.39, 0.29) is 24.4 Å². The van der Waals surface area contributed by atoms with Gasteiger partial charge in [-0.15, -0.1) is 0 Å². The smallest absolute Gasteiger partial charge is 0.369 e. The lowest BCUT2D eigenvalue weighted by Crippen LogP contribution is -2.71. The van der Waals surface area contributed by atoms with Crippen LogP contribution in [0.3, 0.4) is 0 Å². The van der Waals surface area contributed by atoms with Crippen molar-refractivity contribution < 1.29 is 27.9 Å². The molecule has 0 unspecified atom stereocenters. The molecule has 1 N–H and O–H groups in total. The Kier molecular flexibility index (Phi) is 7.10. The number of piperazine rings is 1. The van der Waals surface area contributed by atoms with Crippen LogP contribution in [0.15, 0.2) is 48.5 Å². The molecule has 3 aliphatic rings. The topological polar surface area (TPSA) is 67.3 Å². The zero-order valence-corrected chi connectivity index (χ0v) is 22.7. The standard InChI is InChI=1S/C28H32ClF3N4O3/c1-33(2)24(37)22-9-8-20(14-23(22)29)34-10-12-35(13-11-34)21-15-26(16-21)17-36(18-26)25(38)27(39,28(30,31)32)19-6-4-3-5-7-19/h3-9,14,21,39H,10-13,15-18H2,1-2H3/t27-/m1/s1. The summed E-state index contributed by atoms with van der Waals surface area (Å²) in [5.41, 5.74) is -2.76. The molecule has 7 nitrogen and oxygen atoms in total. The highest BCUT2D eigenvalue weighted by Gasteiger charge is 2.65. The first-order chi connectivity index (χ1) is 18.3. The van der Waals surface area contributed by atoms with Gasteiger partial charge in [0.1, 0.15) is 0 Å². The van der Waals surface area contributed by atoms with Crippen LogP contribution in [-0.2, 0) is 10.4 Å². The fourth-order valence-corrected chi connectivity index (χ4v) is 6.40. The Morgan fingerprint density at radius 2 is 1.62 bits per heavy atom. The van der Waals surface area contributed by atoms with Crippen molar-refractivity contribution in [1.82, 2.24) is 14.7 Å². The Bertz CT molecular complexity index is 1240. The second kappa shape index (κ2) is 9.98. The number of halogens is 4. The van der Waals surface area contributed by atoms with Gasteiger partial charge in [-0.2, -0.15) is 13.2 Å². The van der Waals surface area contributed by atoms with Gasteiger partial charge in [0, 0.05) is 76.1 Å². The number of alkyl halides is 3. The summed E-state index contributed by atoms with van der Waals surface area (Å²) >= 11 is 6.38. The molecule has 2 heterocycles. The largest absolute Gasteiger partial charge is 0.430 e. The van der Waals surface area contributed by atoms with Gasteiger partial charge in [0.2, 0.25) is 0 Å². The van der Waals surface area contributed by atoms with Gasteiger partial charge in [-0.3, -0.25) is 14.5 Å². The number of carbonyl (C=O) groups is 2. The molecule has 0 bridgehead atoms. The average molecular weight is 565 g/mol. The highest BCUT2D eigenvalue weighted by atomic mass is 35.5. The summed E-state index contributed by atoms with van der Waals surface area (Å²) in [5, 5.41) is 11.0. The number of benzene rings is 2. The Hall–Kier alpha value is -2.82. The first kappa shape index (κ1) is 27.7.